The van der Waals surface area contributed by atoms with Crippen LogP contribution in [0, 0.1) is 12.3 Å². The molecule has 1 aromatic carbocycles. The van der Waals surface area contributed by atoms with Gasteiger partial charge in [-0.15, -0.1) is 0 Å². The molecule has 1 saturated heterocycles. The van der Waals surface area contributed by atoms with E-state index in [1.54, 1.807) is 0 Å². The maximum Gasteiger partial charge on any atom is 0.310 e. The molecule has 0 aromatic heterocycles. The van der Waals surface area contributed by atoms with Crippen molar-refractivity contribution < 1.29 is 9.90 Å². The molecular weight excluding hydrogens is 250 g/mol. The van der Waals surface area contributed by atoms with E-state index in [0.717, 1.165) is 29.2 Å². The van der Waals surface area contributed by atoms with E-state index in [9.17, 15) is 9.90 Å². The van der Waals surface area contributed by atoms with E-state index in [1.165, 1.54) is 0 Å². The molecular formula is C14H18ClNO2. The Kier molecular flexibility index (Phi) is 3.64. The van der Waals surface area contributed by atoms with Gasteiger partial charge in [0.15, 0.2) is 0 Å². The van der Waals surface area contributed by atoms with Gasteiger partial charge in [-0.2, -0.15) is 0 Å². The molecule has 1 unspecified atom stereocenters. The Morgan fingerprint density at radius 1 is 1.50 bits per heavy atom. The first-order valence-corrected chi connectivity index (χ1v) is 6.49. The molecule has 18 heavy (non-hydrogen) atoms. The number of hydrogen-bond acceptors (Lipinski definition) is 2. The minimum Gasteiger partial charge on any atom is -0.481 e. The molecule has 1 fully saturated rings. The number of carboxylic acids is 1. The van der Waals surface area contributed by atoms with Crippen molar-refractivity contribution in [1.29, 1.82) is 0 Å². The second kappa shape index (κ2) is 4.90. The van der Waals surface area contributed by atoms with Gasteiger partial charge in [0.25, 0.3) is 0 Å². The molecule has 3 nitrogen and oxygen atoms in total. The monoisotopic (exact) mass is 267 g/mol. The summed E-state index contributed by atoms with van der Waals surface area (Å²) in [6.07, 6.45) is 0.710. The van der Waals surface area contributed by atoms with Crippen LogP contribution in [0.3, 0.4) is 0 Å². The highest BCUT2D eigenvalue weighted by Crippen LogP contribution is 2.31. The molecule has 1 aliphatic heterocycles. The lowest BCUT2D eigenvalue weighted by molar-refractivity contribution is -0.147. The average Bonchev–Trinajstić information content (AvgIpc) is 2.60. The van der Waals surface area contributed by atoms with E-state index < -0.39 is 11.4 Å². The van der Waals surface area contributed by atoms with Gasteiger partial charge < -0.3 is 5.11 Å². The SMILES string of the molecule is Cc1cc(Cl)cc(CN2CCC(C)(C(=O)O)C2)c1. The number of nitrogens with zero attached hydrogens (tertiary/aromatic N) is 1. The van der Waals surface area contributed by atoms with Crippen LogP contribution >= 0.6 is 11.6 Å². The van der Waals surface area contributed by atoms with Gasteiger partial charge in [0.05, 0.1) is 5.41 Å². The molecule has 0 aliphatic carbocycles. The molecule has 0 radical (unpaired) electrons. The number of rotatable bonds is 3. The number of hydrogen-bond donors (Lipinski definition) is 1. The third kappa shape index (κ3) is 2.85. The fourth-order valence-electron chi connectivity index (χ4n) is 2.53. The fraction of sp³-hybridized carbons (Fsp3) is 0.500. The Morgan fingerprint density at radius 3 is 2.78 bits per heavy atom. The van der Waals surface area contributed by atoms with Crippen molar-refractivity contribution in [3.05, 3.63) is 34.3 Å². The standard InChI is InChI=1S/C14H18ClNO2/c1-10-5-11(7-12(15)6-10)8-16-4-3-14(2,9-16)13(17)18/h5-7H,3-4,8-9H2,1-2H3,(H,17,18). The number of benzene rings is 1. The van der Waals surface area contributed by atoms with Gasteiger partial charge in [0.1, 0.15) is 0 Å². The van der Waals surface area contributed by atoms with E-state index in [1.807, 2.05) is 26.0 Å². The predicted molar refractivity (Wildman–Crippen MR) is 71.8 cm³/mol. The number of likely N-dealkylation sites (tertiary alicyclic amines) is 1. The summed E-state index contributed by atoms with van der Waals surface area (Å²) in [6.45, 7) is 6.03. The Hall–Kier alpha value is -1.06. The summed E-state index contributed by atoms with van der Waals surface area (Å²) in [7, 11) is 0. The van der Waals surface area contributed by atoms with Crippen molar-refractivity contribution in [3.63, 3.8) is 0 Å². The van der Waals surface area contributed by atoms with E-state index in [0.29, 0.717) is 13.0 Å². The van der Waals surface area contributed by atoms with E-state index in [-0.39, 0.29) is 0 Å². The van der Waals surface area contributed by atoms with Crippen LogP contribution in [0.2, 0.25) is 5.02 Å². The van der Waals surface area contributed by atoms with Gasteiger partial charge >= 0.3 is 5.97 Å². The van der Waals surface area contributed by atoms with Gasteiger partial charge in [-0.3, -0.25) is 9.69 Å². The summed E-state index contributed by atoms with van der Waals surface area (Å²) in [5, 5.41) is 9.94. The molecule has 2 rings (SSSR count). The fourth-order valence-corrected chi connectivity index (χ4v) is 2.84. The van der Waals surface area contributed by atoms with Crippen molar-refractivity contribution in [2.75, 3.05) is 13.1 Å². The number of aliphatic carboxylic acids is 1. The maximum absolute atomic E-state index is 11.2. The highest BCUT2D eigenvalue weighted by molar-refractivity contribution is 6.30. The molecule has 1 N–H and O–H groups in total. The van der Waals surface area contributed by atoms with Crippen LogP contribution in [0.5, 0.6) is 0 Å². The second-order valence-electron chi connectivity index (χ2n) is 5.46. The van der Waals surface area contributed by atoms with Crippen LogP contribution in [-0.2, 0) is 11.3 Å². The Morgan fingerprint density at radius 2 is 2.22 bits per heavy atom. The summed E-state index contributed by atoms with van der Waals surface area (Å²) in [5.41, 5.74) is 1.68. The summed E-state index contributed by atoms with van der Waals surface area (Å²) in [5.74, 6) is -0.702. The zero-order chi connectivity index (χ0) is 13.3. The third-order valence-corrected chi connectivity index (χ3v) is 3.80. The zero-order valence-electron chi connectivity index (χ0n) is 10.7. The molecule has 0 saturated carbocycles. The van der Waals surface area contributed by atoms with Gasteiger partial charge in [0, 0.05) is 18.1 Å². The van der Waals surface area contributed by atoms with Gasteiger partial charge in [0.2, 0.25) is 0 Å². The molecule has 1 aromatic rings. The maximum atomic E-state index is 11.2. The van der Waals surface area contributed by atoms with Gasteiger partial charge in [-0.25, -0.2) is 0 Å². The van der Waals surface area contributed by atoms with Crippen molar-refractivity contribution in [1.82, 2.24) is 4.90 Å². The quantitative estimate of drug-likeness (QED) is 0.915. The lowest BCUT2D eigenvalue weighted by Gasteiger charge is -2.20. The average molecular weight is 268 g/mol. The van der Waals surface area contributed by atoms with Crippen LogP contribution in [0.4, 0.5) is 0 Å². The van der Waals surface area contributed by atoms with E-state index in [2.05, 4.69) is 11.0 Å². The molecule has 0 spiro atoms. The first-order valence-electron chi connectivity index (χ1n) is 6.11. The Balaban J connectivity index is 2.06. The minimum atomic E-state index is -0.702. The predicted octanol–water partition coefficient (Wildman–Crippen LogP) is 2.95. The summed E-state index contributed by atoms with van der Waals surface area (Å²) < 4.78 is 0. The lowest BCUT2D eigenvalue weighted by Crippen LogP contribution is -2.31. The smallest absolute Gasteiger partial charge is 0.310 e. The van der Waals surface area contributed by atoms with Crippen molar-refractivity contribution >= 4 is 17.6 Å². The molecule has 0 amide bonds. The van der Waals surface area contributed by atoms with E-state index >= 15 is 0 Å². The lowest BCUT2D eigenvalue weighted by atomic mass is 9.90. The Labute approximate surface area is 112 Å². The van der Waals surface area contributed by atoms with Crippen LogP contribution in [0.25, 0.3) is 0 Å². The van der Waals surface area contributed by atoms with Crippen LogP contribution < -0.4 is 0 Å². The molecule has 1 atom stereocenters. The van der Waals surface area contributed by atoms with Gasteiger partial charge in [-0.05, 0) is 50.1 Å². The Bertz CT molecular complexity index is 455. The normalized spacial score (nSPS) is 24.4. The van der Waals surface area contributed by atoms with Crippen molar-refractivity contribution in [2.45, 2.75) is 26.8 Å². The van der Waals surface area contributed by atoms with Gasteiger partial charge in [-0.1, -0.05) is 17.7 Å². The zero-order valence-corrected chi connectivity index (χ0v) is 11.5. The number of carboxylic acid groups (broad SMARTS) is 1. The third-order valence-electron chi connectivity index (χ3n) is 3.58. The first kappa shape index (κ1) is 13.4. The molecule has 0 bridgehead atoms. The van der Waals surface area contributed by atoms with Crippen LogP contribution in [0.15, 0.2) is 18.2 Å². The highest BCUT2D eigenvalue weighted by Gasteiger charge is 2.40. The first-order chi connectivity index (χ1) is 8.39. The van der Waals surface area contributed by atoms with Crippen molar-refractivity contribution in [2.24, 2.45) is 5.41 Å². The molecule has 1 aliphatic rings. The summed E-state index contributed by atoms with van der Waals surface area (Å²) in [4.78, 5) is 13.4. The van der Waals surface area contributed by atoms with Crippen molar-refractivity contribution in [3.8, 4) is 0 Å². The number of halogens is 1. The summed E-state index contributed by atoms with van der Waals surface area (Å²) >= 11 is 6.03. The minimum absolute atomic E-state index is 0.604. The number of aryl methyl sites for hydroxylation is 1. The number of carbonyl (C=O) groups is 1. The molecule has 1 heterocycles. The molecule has 98 valence electrons. The second-order valence-corrected chi connectivity index (χ2v) is 5.90. The topological polar surface area (TPSA) is 40.5 Å². The van der Waals surface area contributed by atoms with Crippen LogP contribution in [0.1, 0.15) is 24.5 Å². The largest absolute Gasteiger partial charge is 0.481 e. The highest BCUT2D eigenvalue weighted by atomic mass is 35.5. The van der Waals surface area contributed by atoms with E-state index in [4.69, 9.17) is 11.6 Å². The molecule has 4 heteroatoms. The van der Waals surface area contributed by atoms with Crippen LogP contribution in [-0.4, -0.2) is 29.1 Å². The summed E-state index contributed by atoms with van der Waals surface area (Å²) in [6, 6.07) is 5.98.